The van der Waals surface area contributed by atoms with Gasteiger partial charge >= 0.3 is 0 Å². The first-order chi connectivity index (χ1) is 9.47. The third-order valence-electron chi connectivity index (χ3n) is 2.55. The van der Waals surface area contributed by atoms with Gasteiger partial charge in [0.15, 0.2) is 5.75 Å². The molecule has 7 nitrogen and oxygen atoms in total. The Morgan fingerprint density at radius 3 is 2.55 bits per heavy atom. The highest BCUT2D eigenvalue weighted by molar-refractivity contribution is 5.93. The normalized spacial score (nSPS) is 10.0. The second-order valence-electron chi connectivity index (χ2n) is 3.97. The molecule has 0 radical (unpaired) electrons. The Morgan fingerprint density at radius 1 is 1.20 bits per heavy atom. The first-order valence-corrected chi connectivity index (χ1v) is 5.59. The van der Waals surface area contributed by atoms with Crippen molar-refractivity contribution in [2.24, 2.45) is 5.73 Å². The number of amides is 1. The van der Waals surface area contributed by atoms with E-state index in [0.717, 1.165) is 0 Å². The molecule has 0 aliphatic carbocycles. The molecule has 0 heterocycles. The maximum Gasteiger partial charge on any atom is 0.271 e. The summed E-state index contributed by atoms with van der Waals surface area (Å²) in [7, 11) is 0. The molecule has 2 rings (SSSR count). The molecule has 0 fully saturated rings. The molecule has 0 bridgehead atoms. The number of benzene rings is 2. The van der Waals surface area contributed by atoms with Crippen LogP contribution in [0, 0.1) is 10.1 Å². The van der Waals surface area contributed by atoms with E-state index in [9.17, 15) is 14.9 Å². The fraction of sp³-hybridized carbons (Fsp3) is 0. The SMILES string of the molecule is NC(=O)c1cccc(Oc2ccc([N+](=O)[O-])cc2N)c1. The Bertz CT molecular complexity index is 685. The number of primary amides is 1. The summed E-state index contributed by atoms with van der Waals surface area (Å²) in [4.78, 5) is 21.1. The quantitative estimate of drug-likeness (QED) is 0.501. The van der Waals surface area contributed by atoms with Crippen molar-refractivity contribution < 1.29 is 14.5 Å². The van der Waals surface area contributed by atoms with Crippen molar-refractivity contribution in [3.63, 3.8) is 0 Å². The number of non-ortho nitro benzene ring substituents is 1. The average molecular weight is 273 g/mol. The number of nitro groups is 1. The van der Waals surface area contributed by atoms with Crippen molar-refractivity contribution in [1.29, 1.82) is 0 Å². The summed E-state index contributed by atoms with van der Waals surface area (Å²) in [5, 5.41) is 10.6. The van der Waals surface area contributed by atoms with Gasteiger partial charge in [0.1, 0.15) is 5.75 Å². The van der Waals surface area contributed by atoms with Crippen molar-refractivity contribution in [3.8, 4) is 11.5 Å². The van der Waals surface area contributed by atoms with Crippen LogP contribution in [0.25, 0.3) is 0 Å². The molecule has 0 saturated carbocycles. The van der Waals surface area contributed by atoms with Crippen molar-refractivity contribution in [3.05, 3.63) is 58.1 Å². The molecule has 2 aromatic rings. The van der Waals surface area contributed by atoms with Gasteiger partial charge in [-0.15, -0.1) is 0 Å². The zero-order valence-corrected chi connectivity index (χ0v) is 10.3. The fourth-order valence-corrected chi connectivity index (χ4v) is 1.58. The average Bonchev–Trinajstić information content (AvgIpc) is 2.41. The van der Waals surface area contributed by atoms with E-state index in [1.54, 1.807) is 18.2 Å². The lowest BCUT2D eigenvalue weighted by atomic mass is 10.2. The predicted molar refractivity (Wildman–Crippen MR) is 72.5 cm³/mol. The van der Waals surface area contributed by atoms with Gasteiger partial charge in [-0.05, 0) is 24.3 Å². The number of nitrogens with two attached hydrogens (primary N) is 2. The topological polar surface area (TPSA) is 121 Å². The molecule has 0 aliphatic heterocycles. The van der Waals surface area contributed by atoms with E-state index in [1.165, 1.54) is 24.3 Å². The first-order valence-electron chi connectivity index (χ1n) is 5.59. The molecule has 0 unspecified atom stereocenters. The molecule has 0 saturated heterocycles. The number of ether oxygens (including phenoxy) is 1. The minimum Gasteiger partial charge on any atom is -0.455 e. The number of hydrogen-bond donors (Lipinski definition) is 2. The summed E-state index contributed by atoms with van der Waals surface area (Å²) >= 11 is 0. The van der Waals surface area contributed by atoms with E-state index in [1.807, 2.05) is 0 Å². The van der Waals surface area contributed by atoms with Gasteiger partial charge in [-0.2, -0.15) is 0 Å². The second-order valence-corrected chi connectivity index (χ2v) is 3.97. The Balaban J connectivity index is 2.28. The molecule has 0 aromatic heterocycles. The van der Waals surface area contributed by atoms with Crippen LogP contribution in [0.5, 0.6) is 11.5 Å². The molecule has 4 N–H and O–H groups in total. The van der Waals surface area contributed by atoms with Crippen molar-refractivity contribution in [1.82, 2.24) is 0 Å². The maximum atomic E-state index is 11.1. The van der Waals surface area contributed by atoms with Crippen LogP contribution in [0.1, 0.15) is 10.4 Å². The van der Waals surface area contributed by atoms with E-state index < -0.39 is 10.8 Å². The Labute approximate surface area is 113 Å². The number of anilines is 1. The minimum atomic E-state index is -0.577. The zero-order chi connectivity index (χ0) is 14.7. The van der Waals surface area contributed by atoms with Gasteiger partial charge in [0, 0.05) is 17.7 Å². The van der Waals surface area contributed by atoms with Gasteiger partial charge in [-0.25, -0.2) is 0 Å². The van der Waals surface area contributed by atoms with E-state index in [0.29, 0.717) is 11.3 Å². The maximum absolute atomic E-state index is 11.1. The molecule has 20 heavy (non-hydrogen) atoms. The van der Waals surface area contributed by atoms with Crippen LogP contribution in [0.15, 0.2) is 42.5 Å². The fourth-order valence-electron chi connectivity index (χ4n) is 1.58. The number of carbonyl (C=O) groups is 1. The smallest absolute Gasteiger partial charge is 0.271 e. The van der Waals surface area contributed by atoms with Gasteiger partial charge in [-0.1, -0.05) is 6.07 Å². The lowest BCUT2D eigenvalue weighted by Crippen LogP contribution is -2.10. The third kappa shape index (κ3) is 2.83. The van der Waals surface area contributed by atoms with Crippen LogP contribution in [0.3, 0.4) is 0 Å². The third-order valence-corrected chi connectivity index (χ3v) is 2.55. The van der Waals surface area contributed by atoms with Crippen LogP contribution in [0.2, 0.25) is 0 Å². The van der Waals surface area contributed by atoms with Crippen LogP contribution in [-0.2, 0) is 0 Å². The Morgan fingerprint density at radius 2 is 1.95 bits per heavy atom. The van der Waals surface area contributed by atoms with E-state index in [-0.39, 0.29) is 17.1 Å². The Kier molecular flexibility index (Phi) is 3.52. The number of hydrogen-bond acceptors (Lipinski definition) is 5. The number of nitrogens with zero attached hydrogens (tertiary/aromatic N) is 1. The second kappa shape index (κ2) is 5.27. The largest absolute Gasteiger partial charge is 0.455 e. The molecular weight excluding hydrogens is 262 g/mol. The molecule has 7 heteroatoms. The summed E-state index contributed by atoms with van der Waals surface area (Å²) in [6, 6.07) is 10.1. The van der Waals surface area contributed by atoms with E-state index >= 15 is 0 Å². The summed E-state index contributed by atoms with van der Waals surface area (Å²) in [6.45, 7) is 0. The number of nitro benzene ring substituents is 1. The summed E-state index contributed by atoms with van der Waals surface area (Å²) < 4.78 is 5.48. The van der Waals surface area contributed by atoms with Gasteiger partial charge < -0.3 is 16.2 Å². The lowest BCUT2D eigenvalue weighted by Gasteiger charge is -2.08. The highest BCUT2D eigenvalue weighted by Gasteiger charge is 2.10. The summed E-state index contributed by atoms with van der Waals surface area (Å²) in [5.74, 6) is 0.0474. The molecule has 0 spiro atoms. The summed E-state index contributed by atoms with van der Waals surface area (Å²) in [6.07, 6.45) is 0. The van der Waals surface area contributed by atoms with E-state index in [2.05, 4.69) is 0 Å². The standard InChI is InChI=1S/C13H11N3O4/c14-11-7-9(16(18)19)4-5-12(11)20-10-3-1-2-8(6-10)13(15)17/h1-7H,14H2,(H2,15,17). The monoisotopic (exact) mass is 273 g/mol. The van der Waals surface area contributed by atoms with Crippen LogP contribution in [-0.4, -0.2) is 10.8 Å². The molecule has 1 amide bonds. The molecule has 0 aliphatic rings. The highest BCUT2D eigenvalue weighted by Crippen LogP contribution is 2.30. The van der Waals surface area contributed by atoms with Crippen molar-refractivity contribution >= 4 is 17.3 Å². The highest BCUT2D eigenvalue weighted by atomic mass is 16.6. The van der Waals surface area contributed by atoms with E-state index in [4.69, 9.17) is 16.2 Å². The van der Waals surface area contributed by atoms with Gasteiger partial charge in [0.25, 0.3) is 5.69 Å². The van der Waals surface area contributed by atoms with Gasteiger partial charge in [0.05, 0.1) is 10.6 Å². The van der Waals surface area contributed by atoms with Crippen LogP contribution >= 0.6 is 0 Å². The zero-order valence-electron chi connectivity index (χ0n) is 10.3. The minimum absolute atomic E-state index is 0.124. The van der Waals surface area contributed by atoms with Crippen LogP contribution in [0.4, 0.5) is 11.4 Å². The van der Waals surface area contributed by atoms with Gasteiger partial charge in [-0.3, -0.25) is 14.9 Å². The number of carbonyl (C=O) groups excluding carboxylic acids is 1. The predicted octanol–water partition coefficient (Wildman–Crippen LogP) is 2.07. The number of rotatable bonds is 4. The molecule has 2 aromatic carbocycles. The van der Waals surface area contributed by atoms with Crippen molar-refractivity contribution in [2.75, 3.05) is 5.73 Å². The Hall–Kier alpha value is -3.09. The summed E-state index contributed by atoms with van der Waals surface area (Å²) in [5.41, 5.74) is 11.1. The first kappa shape index (κ1) is 13.3. The molecular formula is C13H11N3O4. The van der Waals surface area contributed by atoms with Gasteiger partial charge in [0.2, 0.25) is 5.91 Å². The lowest BCUT2D eigenvalue weighted by molar-refractivity contribution is -0.384. The van der Waals surface area contributed by atoms with Crippen molar-refractivity contribution in [2.45, 2.75) is 0 Å². The molecule has 0 atom stereocenters. The van der Waals surface area contributed by atoms with Crippen LogP contribution < -0.4 is 16.2 Å². The number of nitrogen functional groups attached to an aromatic ring is 1. The molecule has 102 valence electrons.